The molecule has 19 heavy (non-hydrogen) atoms. The highest BCUT2D eigenvalue weighted by atomic mass is 16.4. The number of hydrogen-bond donors (Lipinski definition) is 3. The summed E-state index contributed by atoms with van der Waals surface area (Å²) in [7, 11) is 0. The van der Waals surface area contributed by atoms with Crippen molar-refractivity contribution in [3.8, 4) is 0 Å². The Morgan fingerprint density at radius 1 is 1.21 bits per heavy atom. The molecule has 0 spiro atoms. The van der Waals surface area contributed by atoms with Crippen LogP contribution in [0.2, 0.25) is 0 Å². The number of carboxylic acid groups (broad SMARTS) is 1. The van der Waals surface area contributed by atoms with Crippen molar-refractivity contribution in [2.75, 3.05) is 13.1 Å². The lowest BCUT2D eigenvalue weighted by molar-refractivity contribution is -0.148. The van der Waals surface area contributed by atoms with Crippen LogP contribution in [-0.4, -0.2) is 30.2 Å². The van der Waals surface area contributed by atoms with Crippen molar-refractivity contribution >= 4 is 12.0 Å². The minimum atomic E-state index is -0.787. The molecule has 1 aliphatic rings. The summed E-state index contributed by atoms with van der Waals surface area (Å²) in [4.78, 5) is 22.9. The maximum atomic E-state index is 11.6. The van der Waals surface area contributed by atoms with Gasteiger partial charge in [0.25, 0.3) is 0 Å². The Bertz CT molecular complexity index is 310. The van der Waals surface area contributed by atoms with Crippen LogP contribution in [0.15, 0.2) is 0 Å². The van der Waals surface area contributed by atoms with Gasteiger partial charge in [-0.3, -0.25) is 4.79 Å². The molecule has 0 heterocycles. The first-order valence-corrected chi connectivity index (χ1v) is 7.21. The Morgan fingerprint density at radius 3 is 2.37 bits per heavy atom. The molecule has 2 amide bonds. The molecule has 0 bridgehead atoms. The number of hydrogen-bond acceptors (Lipinski definition) is 2. The first-order valence-electron chi connectivity index (χ1n) is 7.21. The summed E-state index contributed by atoms with van der Waals surface area (Å²) in [5.74, 6) is -0.149. The average molecular weight is 270 g/mol. The molecule has 110 valence electrons. The minimum Gasteiger partial charge on any atom is -0.481 e. The average Bonchev–Trinajstić information content (AvgIpc) is 2.82. The van der Waals surface area contributed by atoms with Crippen molar-refractivity contribution in [1.29, 1.82) is 0 Å². The van der Waals surface area contributed by atoms with Crippen LogP contribution in [0.1, 0.15) is 52.4 Å². The maximum Gasteiger partial charge on any atom is 0.314 e. The molecular weight excluding hydrogens is 244 g/mol. The quantitative estimate of drug-likeness (QED) is 0.621. The monoisotopic (exact) mass is 270 g/mol. The zero-order valence-electron chi connectivity index (χ0n) is 12.0. The van der Waals surface area contributed by atoms with Crippen LogP contribution < -0.4 is 10.6 Å². The predicted octanol–water partition coefficient (Wildman–Crippen LogP) is 2.37. The largest absolute Gasteiger partial charge is 0.481 e. The highest BCUT2D eigenvalue weighted by Crippen LogP contribution is 2.37. The molecule has 0 aromatic carbocycles. The molecule has 3 N–H and O–H groups in total. The van der Waals surface area contributed by atoms with Gasteiger partial charge in [-0.1, -0.05) is 26.7 Å². The number of aliphatic carboxylic acids is 1. The SMILES string of the molecule is CC(C)CCCNC(=O)NCC1(C(=O)O)CCCC1. The lowest BCUT2D eigenvalue weighted by Gasteiger charge is -2.24. The molecule has 0 aliphatic heterocycles. The highest BCUT2D eigenvalue weighted by molar-refractivity contribution is 5.78. The number of carboxylic acids is 1. The van der Waals surface area contributed by atoms with Crippen LogP contribution in [-0.2, 0) is 4.79 Å². The van der Waals surface area contributed by atoms with Crippen LogP contribution in [0, 0.1) is 11.3 Å². The molecule has 1 saturated carbocycles. The van der Waals surface area contributed by atoms with Crippen LogP contribution in [0.4, 0.5) is 4.79 Å². The summed E-state index contributed by atoms with van der Waals surface area (Å²) in [6.45, 7) is 5.18. The highest BCUT2D eigenvalue weighted by Gasteiger charge is 2.41. The van der Waals surface area contributed by atoms with Gasteiger partial charge in [-0.05, 0) is 31.6 Å². The van der Waals surface area contributed by atoms with E-state index in [9.17, 15) is 14.7 Å². The summed E-state index contributed by atoms with van der Waals surface area (Å²) in [6.07, 6.45) is 5.23. The van der Waals surface area contributed by atoms with Gasteiger partial charge in [0.1, 0.15) is 0 Å². The summed E-state index contributed by atoms with van der Waals surface area (Å²) in [6, 6.07) is -0.253. The van der Waals surface area contributed by atoms with E-state index in [1.54, 1.807) is 0 Å². The molecule has 0 saturated heterocycles. The molecule has 0 radical (unpaired) electrons. The van der Waals surface area contributed by atoms with Gasteiger partial charge >= 0.3 is 12.0 Å². The Labute approximate surface area is 115 Å². The molecule has 0 unspecified atom stereocenters. The zero-order chi connectivity index (χ0) is 14.3. The summed E-state index contributed by atoms with van der Waals surface area (Å²) >= 11 is 0. The van der Waals surface area contributed by atoms with E-state index in [1.165, 1.54) is 0 Å². The van der Waals surface area contributed by atoms with E-state index < -0.39 is 11.4 Å². The van der Waals surface area contributed by atoms with Crippen molar-refractivity contribution in [1.82, 2.24) is 10.6 Å². The molecule has 1 fully saturated rings. The van der Waals surface area contributed by atoms with Gasteiger partial charge in [0.05, 0.1) is 5.41 Å². The number of nitrogens with one attached hydrogen (secondary N) is 2. The number of carbonyl (C=O) groups is 2. The second-order valence-electron chi connectivity index (χ2n) is 5.94. The molecule has 0 aromatic heterocycles. The first-order chi connectivity index (χ1) is 8.96. The third-order valence-electron chi connectivity index (χ3n) is 3.85. The fourth-order valence-corrected chi connectivity index (χ4v) is 2.54. The van der Waals surface area contributed by atoms with E-state index in [-0.39, 0.29) is 12.6 Å². The standard InChI is InChI=1S/C14H26N2O3/c1-11(2)6-5-9-15-13(19)16-10-14(12(17)18)7-3-4-8-14/h11H,3-10H2,1-2H3,(H,17,18)(H2,15,16,19). The lowest BCUT2D eigenvalue weighted by Crippen LogP contribution is -2.45. The van der Waals surface area contributed by atoms with Crippen LogP contribution in [0.3, 0.4) is 0 Å². The van der Waals surface area contributed by atoms with E-state index >= 15 is 0 Å². The molecule has 1 aliphatic carbocycles. The Morgan fingerprint density at radius 2 is 1.84 bits per heavy atom. The van der Waals surface area contributed by atoms with Gasteiger partial charge in [-0.15, -0.1) is 0 Å². The summed E-state index contributed by atoms with van der Waals surface area (Å²) in [5, 5.41) is 14.8. The van der Waals surface area contributed by atoms with Crippen molar-refractivity contribution in [3.63, 3.8) is 0 Å². The molecule has 0 atom stereocenters. The smallest absolute Gasteiger partial charge is 0.314 e. The predicted molar refractivity (Wildman–Crippen MR) is 74.0 cm³/mol. The number of rotatable bonds is 7. The van der Waals surface area contributed by atoms with Crippen molar-refractivity contribution in [3.05, 3.63) is 0 Å². The first kappa shape index (κ1) is 15.8. The van der Waals surface area contributed by atoms with Crippen LogP contribution in [0.5, 0.6) is 0 Å². The van der Waals surface area contributed by atoms with Crippen molar-refractivity contribution in [2.24, 2.45) is 11.3 Å². The van der Waals surface area contributed by atoms with Crippen molar-refractivity contribution in [2.45, 2.75) is 52.4 Å². The number of amides is 2. The summed E-state index contributed by atoms with van der Waals surface area (Å²) in [5.41, 5.74) is -0.741. The van der Waals surface area contributed by atoms with Gasteiger partial charge in [-0.25, -0.2) is 4.79 Å². The number of urea groups is 1. The van der Waals surface area contributed by atoms with Crippen LogP contribution in [0.25, 0.3) is 0 Å². The second-order valence-corrected chi connectivity index (χ2v) is 5.94. The van der Waals surface area contributed by atoms with Gasteiger partial charge in [0.15, 0.2) is 0 Å². The van der Waals surface area contributed by atoms with E-state index in [0.717, 1.165) is 25.7 Å². The molecular formula is C14H26N2O3. The molecule has 0 aromatic rings. The molecule has 1 rings (SSSR count). The minimum absolute atomic E-state index is 0.234. The van der Waals surface area contributed by atoms with Crippen LogP contribution >= 0.6 is 0 Å². The topological polar surface area (TPSA) is 78.4 Å². The van der Waals surface area contributed by atoms with E-state index in [4.69, 9.17) is 0 Å². The third kappa shape index (κ3) is 5.09. The number of carbonyl (C=O) groups excluding carboxylic acids is 1. The van der Waals surface area contributed by atoms with E-state index in [2.05, 4.69) is 24.5 Å². The Hall–Kier alpha value is -1.26. The van der Waals surface area contributed by atoms with Gasteiger partial charge in [-0.2, -0.15) is 0 Å². The maximum absolute atomic E-state index is 11.6. The normalized spacial score (nSPS) is 17.4. The fraction of sp³-hybridized carbons (Fsp3) is 0.857. The lowest BCUT2D eigenvalue weighted by atomic mass is 9.86. The Kier molecular flexibility index (Phi) is 6.12. The van der Waals surface area contributed by atoms with Gasteiger partial charge in [0, 0.05) is 13.1 Å². The van der Waals surface area contributed by atoms with Gasteiger partial charge < -0.3 is 15.7 Å². The van der Waals surface area contributed by atoms with E-state index in [1.807, 2.05) is 0 Å². The summed E-state index contributed by atoms with van der Waals surface area (Å²) < 4.78 is 0. The molecule has 5 nitrogen and oxygen atoms in total. The van der Waals surface area contributed by atoms with Crippen molar-refractivity contribution < 1.29 is 14.7 Å². The second kappa shape index (κ2) is 7.36. The fourth-order valence-electron chi connectivity index (χ4n) is 2.54. The van der Waals surface area contributed by atoms with E-state index in [0.29, 0.717) is 25.3 Å². The Balaban J connectivity index is 2.23. The van der Waals surface area contributed by atoms with Gasteiger partial charge in [0.2, 0.25) is 0 Å². The zero-order valence-corrected chi connectivity index (χ0v) is 12.0. The third-order valence-corrected chi connectivity index (χ3v) is 3.85. The molecule has 5 heteroatoms.